The van der Waals surface area contributed by atoms with E-state index in [0.717, 1.165) is 29.1 Å². The number of anilines is 1. The number of rotatable bonds is 4. The zero-order valence-corrected chi connectivity index (χ0v) is 12.3. The van der Waals surface area contributed by atoms with Crippen LogP contribution in [0.1, 0.15) is 17.5 Å². The number of aryl methyl sites for hydroxylation is 1. The first-order valence-electron chi connectivity index (χ1n) is 6.87. The van der Waals surface area contributed by atoms with Crippen molar-refractivity contribution in [1.29, 1.82) is 0 Å². The Kier molecular flexibility index (Phi) is 4.98. The van der Waals surface area contributed by atoms with E-state index in [4.69, 9.17) is 9.47 Å². The molecular weight excluding hydrogens is 256 g/mol. The van der Waals surface area contributed by atoms with E-state index in [9.17, 15) is 4.79 Å². The van der Waals surface area contributed by atoms with E-state index in [2.05, 4.69) is 10.6 Å². The van der Waals surface area contributed by atoms with Crippen LogP contribution in [0.4, 0.5) is 5.69 Å². The van der Waals surface area contributed by atoms with Crippen molar-refractivity contribution in [3.8, 4) is 5.75 Å². The van der Waals surface area contributed by atoms with Gasteiger partial charge in [0.15, 0.2) is 0 Å². The lowest BCUT2D eigenvalue weighted by Crippen LogP contribution is -2.43. The molecule has 1 amide bonds. The average Bonchev–Trinajstić information content (AvgIpc) is 2.44. The summed E-state index contributed by atoms with van der Waals surface area (Å²) in [6.07, 6.45) is 0.412. The molecular formula is C15H22N2O3. The minimum atomic E-state index is -0.0120. The molecule has 0 saturated carbocycles. The van der Waals surface area contributed by atoms with E-state index in [-0.39, 0.29) is 11.9 Å². The second kappa shape index (κ2) is 6.72. The van der Waals surface area contributed by atoms with Crippen LogP contribution in [0.15, 0.2) is 12.1 Å². The van der Waals surface area contributed by atoms with Crippen molar-refractivity contribution in [2.45, 2.75) is 26.3 Å². The van der Waals surface area contributed by atoms with Crippen LogP contribution in [-0.2, 0) is 9.53 Å². The molecule has 1 atom stereocenters. The third-order valence-electron chi connectivity index (χ3n) is 3.51. The van der Waals surface area contributed by atoms with Crippen LogP contribution in [0, 0.1) is 13.8 Å². The van der Waals surface area contributed by atoms with Crippen LogP contribution >= 0.6 is 0 Å². The first kappa shape index (κ1) is 14.8. The van der Waals surface area contributed by atoms with Crippen molar-refractivity contribution in [2.24, 2.45) is 0 Å². The summed E-state index contributed by atoms with van der Waals surface area (Å²) in [6, 6.07) is 3.95. The Balaban J connectivity index is 2.00. The Hall–Kier alpha value is -1.59. The number of benzene rings is 1. The van der Waals surface area contributed by atoms with E-state index in [1.165, 1.54) is 0 Å². The van der Waals surface area contributed by atoms with Crippen LogP contribution in [0.25, 0.3) is 0 Å². The molecule has 5 heteroatoms. The predicted octanol–water partition coefficient (Wildman–Crippen LogP) is 1.63. The van der Waals surface area contributed by atoms with E-state index in [1.54, 1.807) is 7.11 Å². The smallest absolute Gasteiger partial charge is 0.226 e. The SMILES string of the molecule is COc1c(C)ccc(NC(=O)CC2COCCN2)c1C. The van der Waals surface area contributed by atoms with Gasteiger partial charge in [0.2, 0.25) is 5.91 Å². The molecule has 2 N–H and O–H groups in total. The first-order chi connectivity index (χ1) is 9.61. The minimum Gasteiger partial charge on any atom is -0.496 e. The highest BCUT2D eigenvalue weighted by Gasteiger charge is 2.18. The summed E-state index contributed by atoms with van der Waals surface area (Å²) < 4.78 is 10.7. The molecule has 110 valence electrons. The standard InChI is InChI=1S/C15H22N2O3/c1-10-4-5-13(11(2)15(10)19-3)17-14(18)8-12-9-20-7-6-16-12/h4-5,12,16H,6-9H2,1-3H3,(H,17,18). The summed E-state index contributed by atoms with van der Waals surface area (Å²) in [4.78, 5) is 12.1. The first-order valence-corrected chi connectivity index (χ1v) is 6.87. The quantitative estimate of drug-likeness (QED) is 0.879. The van der Waals surface area contributed by atoms with Crippen molar-refractivity contribution < 1.29 is 14.3 Å². The number of hydrogen-bond donors (Lipinski definition) is 2. The second-order valence-corrected chi connectivity index (χ2v) is 5.07. The molecule has 2 rings (SSSR count). The lowest BCUT2D eigenvalue weighted by molar-refractivity contribution is -0.117. The number of carbonyl (C=O) groups excluding carboxylic acids is 1. The highest BCUT2D eigenvalue weighted by molar-refractivity contribution is 5.92. The number of nitrogens with one attached hydrogen (secondary N) is 2. The van der Waals surface area contributed by atoms with Gasteiger partial charge in [-0.15, -0.1) is 0 Å². The summed E-state index contributed by atoms with van der Waals surface area (Å²) in [6.45, 7) is 6.04. The van der Waals surface area contributed by atoms with Gasteiger partial charge in [0.1, 0.15) is 5.75 Å². The second-order valence-electron chi connectivity index (χ2n) is 5.07. The van der Waals surface area contributed by atoms with Crippen LogP contribution in [0.3, 0.4) is 0 Å². The normalized spacial score (nSPS) is 18.6. The largest absolute Gasteiger partial charge is 0.496 e. The van der Waals surface area contributed by atoms with Gasteiger partial charge in [0.25, 0.3) is 0 Å². The fourth-order valence-corrected chi connectivity index (χ4v) is 2.45. The van der Waals surface area contributed by atoms with Crippen molar-refractivity contribution in [2.75, 3.05) is 32.2 Å². The number of hydrogen-bond acceptors (Lipinski definition) is 4. The Morgan fingerprint density at radius 1 is 1.50 bits per heavy atom. The van der Waals surface area contributed by atoms with Gasteiger partial charge in [-0.3, -0.25) is 4.79 Å². The summed E-state index contributed by atoms with van der Waals surface area (Å²) in [5.74, 6) is 0.809. The van der Waals surface area contributed by atoms with E-state index >= 15 is 0 Å². The Morgan fingerprint density at radius 2 is 2.30 bits per heavy atom. The Labute approximate surface area is 119 Å². The van der Waals surface area contributed by atoms with Gasteiger partial charge in [-0.2, -0.15) is 0 Å². The molecule has 1 aliphatic rings. The molecule has 0 aliphatic carbocycles. The topological polar surface area (TPSA) is 59.6 Å². The van der Waals surface area contributed by atoms with Crippen molar-refractivity contribution >= 4 is 11.6 Å². The van der Waals surface area contributed by atoms with E-state index < -0.39 is 0 Å². The molecule has 1 aliphatic heterocycles. The predicted molar refractivity (Wildman–Crippen MR) is 78.3 cm³/mol. The minimum absolute atomic E-state index is 0.0120. The fraction of sp³-hybridized carbons (Fsp3) is 0.533. The number of methoxy groups -OCH3 is 1. The van der Waals surface area contributed by atoms with Gasteiger partial charge in [-0.25, -0.2) is 0 Å². The Morgan fingerprint density at radius 3 is 2.95 bits per heavy atom. The van der Waals surface area contributed by atoms with Crippen molar-refractivity contribution in [3.63, 3.8) is 0 Å². The number of amides is 1. The fourth-order valence-electron chi connectivity index (χ4n) is 2.45. The molecule has 1 unspecified atom stereocenters. The molecule has 1 fully saturated rings. The highest BCUT2D eigenvalue weighted by Crippen LogP contribution is 2.29. The lowest BCUT2D eigenvalue weighted by atomic mass is 10.1. The van der Waals surface area contributed by atoms with Crippen molar-refractivity contribution in [3.05, 3.63) is 23.3 Å². The summed E-state index contributed by atoms with van der Waals surface area (Å²) in [5, 5.41) is 6.22. The van der Waals surface area contributed by atoms with Gasteiger partial charge < -0.3 is 20.1 Å². The average molecular weight is 278 g/mol. The molecule has 0 aromatic heterocycles. The molecule has 1 saturated heterocycles. The Bertz CT molecular complexity index is 482. The third-order valence-corrected chi connectivity index (χ3v) is 3.51. The van der Waals surface area contributed by atoms with Crippen molar-refractivity contribution in [1.82, 2.24) is 5.32 Å². The van der Waals surface area contributed by atoms with Crippen LogP contribution < -0.4 is 15.4 Å². The zero-order valence-electron chi connectivity index (χ0n) is 12.3. The maximum absolute atomic E-state index is 12.1. The molecule has 1 aromatic carbocycles. The molecule has 20 heavy (non-hydrogen) atoms. The number of morpholine rings is 1. The van der Waals surface area contributed by atoms with Crippen LogP contribution in [0.2, 0.25) is 0 Å². The molecule has 0 spiro atoms. The lowest BCUT2D eigenvalue weighted by Gasteiger charge is -2.23. The number of carbonyl (C=O) groups is 1. The van der Waals surface area contributed by atoms with Gasteiger partial charge in [-0.05, 0) is 25.5 Å². The molecule has 5 nitrogen and oxygen atoms in total. The summed E-state index contributed by atoms with van der Waals surface area (Å²) in [7, 11) is 1.64. The van der Waals surface area contributed by atoms with Crippen LogP contribution in [0.5, 0.6) is 5.75 Å². The van der Waals surface area contributed by atoms with Gasteiger partial charge in [0, 0.05) is 30.3 Å². The van der Waals surface area contributed by atoms with Gasteiger partial charge >= 0.3 is 0 Å². The molecule has 1 aromatic rings. The molecule has 0 radical (unpaired) electrons. The third kappa shape index (κ3) is 3.49. The van der Waals surface area contributed by atoms with E-state index in [1.807, 2.05) is 26.0 Å². The molecule has 1 heterocycles. The maximum Gasteiger partial charge on any atom is 0.226 e. The zero-order chi connectivity index (χ0) is 14.5. The summed E-state index contributed by atoms with van der Waals surface area (Å²) >= 11 is 0. The summed E-state index contributed by atoms with van der Waals surface area (Å²) in [5.41, 5.74) is 2.81. The highest BCUT2D eigenvalue weighted by atomic mass is 16.5. The van der Waals surface area contributed by atoms with E-state index in [0.29, 0.717) is 19.6 Å². The monoisotopic (exact) mass is 278 g/mol. The molecule has 0 bridgehead atoms. The maximum atomic E-state index is 12.1. The van der Waals surface area contributed by atoms with Gasteiger partial charge in [0.05, 0.1) is 20.3 Å². The van der Waals surface area contributed by atoms with Crippen LogP contribution in [-0.4, -0.2) is 38.8 Å². The number of ether oxygens (including phenoxy) is 2. The van der Waals surface area contributed by atoms with Gasteiger partial charge in [-0.1, -0.05) is 6.07 Å².